The van der Waals surface area contributed by atoms with Crippen LogP contribution in [0.1, 0.15) is 46.1 Å². The van der Waals surface area contributed by atoms with E-state index in [1.54, 1.807) is 6.07 Å². The van der Waals surface area contributed by atoms with Crippen LogP contribution >= 0.6 is 0 Å². The Kier molecular flexibility index (Phi) is 3.23. The molecule has 0 amide bonds. The molecule has 1 saturated carbocycles. The maximum atomic E-state index is 13.3. The topological polar surface area (TPSA) is 18.5 Å². The van der Waals surface area contributed by atoms with Crippen molar-refractivity contribution in [2.24, 2.45) is 0 Å². The van der Waals surface area contributed by atoms with E-state index in [0.717, 1.165) is 5.46 Å². The number of rotatable bonds is 3. The summed E-state index contributed by atoms with van der Waals surface area (Å²) >= 11 is 0. The van der Waals surface area contributed by atoms with Crippen LogP contribution in [0.15, 0.2) is 24.3 Å². The van der Waals surface area contributed by atoms with Crippen molar-refractivity contribution >= 4 is 12.6 Å². The smallest absolute Gasteiger partial charge is 0.399 e. The van der Waals surface area contributed by atoms with Gasteiger partial charge in [-0.15, -0.1) is 0 Å². The average molecular weight is 294 g/mol. The van der Waals surface area contributed by atoms with Gasteiger partial charge in [0.05, 0.1) is 16.6 Å². The Balaban J connectivity index is 1.89. The third-order valence-electron chi connectivity index (χ3n) is 5.19. The zero-order valence-electron chi connectivity index (χ0n) is 13.0. The molecular weight excluding hydrogens is 273 g/mol. The van der Waals surface area contributed by atoms with Crippen molar-refractivity contribution in [1.82, 2.24) is 0 Å². The standard InChI is InChI=1S/C16H21BF2O2/c1-14(2)15(3,4)21-17(20-14)12-7-5-6-11(10-12)16(8-9-16)13(18)19/h5-7,10,13H,8-9H2,1-4H3. The van der Waals surface area contributed by atoms with E-state index in [0.29, 0.717) is 18.4 Å². The van der Waals surface area contributed by atoms with Crippen LogP contribution in [0.3, 0.4) is 0 Å². The quantitative estimate of drug-likeness (QED) is 0.796. The minimum absolute atomic E-state index is 0.423. The number of hydrogen-bond donors (Lipinski definition) is 0. The molecule has 0 unspecified atom stereocenters. The van der Waals surface area contributed by atoms with E-state index in [4.69, 9.17) is 9.31 Å². The molecule has 1 aliphatic heterocycles. The highest BCUT2D eigenvalue weighted by atomic mass is 19.3. The fraction of sp³-hybridized carbons (Fsp3) is 0.625. The molecule has 0 bridgehead atoms. The summed E-state index contributed by atoms with van der Waals surface area (Å²) in [6.07, 6.45) is -1.21. The SMILES string of the molecule is CC1(C)OB(c2cccc(C3(C(F)F)CC3)c2)OC1(C)C. The number of hydrogen-bond acceptors (Lipinski definition) is 2. The molecule has 0 aromatic heterocycles. The second-order valence-electron chi connectivity index (χ2n) is 7.17. The Bertz CT molecular complexity index is 537. The molecule has 0 atom stereocenters. The second-order valence-corrected chi connectivity index (χ2v) is 7.17. The Morgan fingerprint density at radius 3 is 2.10 bits per heavy atom. The van der Waals surface area contributed by atoms with Gasteiger partial charge in [-0.05, 0) is 51.6 Å². The molecule has 5 heteroatoms. The van der Waals surface area contributed by atoms with Crippen molar-refractivity contribution in [3.63, 3.8) is 0 Å². The summed E-state index contributed by atoms with van der Waals surface area (Å²) in [5.41, 5.74) is -0.274. The molecule has 3 rings (SSSR count). The fourth-order valence-corrected chi connectivity index (χ4v) is 2.74. The second kappa shape index (κ2) is 4.53. The summed E-state index contributed by atoms with van der Waals surface area (Å²) in [7, 11) is -0.497. The molecule has 114 valence electrons. The summed E-state index contributed by atoms with van der Waals surface area (Å²) in [5, 5.41) is 0. The molecule has 1 aliphatic carbocycles. The lowest BCUT2D eigenvalue weighted by atomic mass is 9.77. The Morgan fingerprint density at radius 2 is 1.62 bits per heavy atom. The van der Waals surface area contributed by atoms with E-state index in [9.17, 15) is 8.78 Å². The number of benzene rings is 1. The maximum absolute atomic E-state index is 13.3. The molecule has 1 heterocycles. The van der Waals surface area contributed by atoms with Gasteiger partial charge in [-0.1, -0.05) is 24.3 Å². The fourth-order valence-electron chi connectivity index (χ4n) is 2.74. The molecule has 1 aromatic carbocycles. The van der Waals surface area contributed by atoms with E-state index >= 15 is 0 Å². The normalized spacial score (nSPS) is 25.4. The van der Waals surface area contributed by atoms with Gasteiger partial charge in [0.1, 0.15) is 0 Å². The highest BCUT2D eigenvalue weighted by molar-refractivity contribution is 6.62. The highest BCUT2D eigenvalue weighted by Crippen LogP contribution is 2.52. The van der Waals surface area contributed by atoms with Gasteiger partial charge in [-0.3, -0.25) is 0 Å². The molecule has 2 fully saturated rings. The van der Waals surface area contributed by atoms with Crippen molar-refractivity contribution in [2.75, 3.05) is 0 Å². The first kappa shape index (κ1) is 15.0. The lowest BCUT2D eigenvalue weighted by molar-refractivity contribution is 0.00578. The first-order valence-electron chi connectivity index (χ1n) is 7.42. The van der Waals surface area contributed by atoms with Crippen molar-refractivity contribution in [3.8, 4) is 0 Å². The Labute approximate surface area is 125 Å². The van der Waals surface area contributed by atoms with E-state index in [1.165, 1.54) is 0 Å². The largest absolute Gasteiger partial charge is 0.494 e. The molecule has 0 spiro atoms. The predicted octanol–water partition coefficient (Wildman–Crippen LogP) is 3.28. The van der Waals surface area contributed by atoms with Gasteiger partial charge in [0.2, 0.25) is 6.43 Å². The number of alkyl halides is 2. The zero-order valence-corrected chi connectivity index (χ0v) is 13.0. The summed E-state index contributed by atoms with van der Waals surface area (Å²) in [6, 6.07) is 7.31. The Morgan fingerprint density at radius 1 is 1.05 bits per heavy atom. The minimum atomic E-state index is -2.31. The van der Waals surface area contributed by atoms with Gasteiger partial charge in [-0.25, -0.2) is 8.78 Å². The van der Waals surface area contributed by atoms with E-state index in [-0.39, 0.29) is 0 Å². The molecule has 21 heavy (non-hydrogen) atoms. The predicted molar refractivity (Wildman–Crippen MR) is 79.1 cm³/mol. The highest BCUT2D eigenvalue weighted by Gasteiger charge is 2.54. The van der Waals surface area contributed by atoms with Gasteiger partial charge in [-0.2, -0.15) is 0 Å². The summed E-state index contributed by atoms with van der Waals surface area (Å²) in [5.74, 6) is 0. The zero-order chi connectivity index (χ0) is 15.5. The summed E-state index contributed by atoms with van der Waals surface area (Å²) in [6.45, 7) is 7.94. The molecule has 2 nitrogen and oxygen atoms in total. The molecular formula is C16H21BF2O2. The minimum Gasteiger partial charge on any atom is -0.399 e. The molecule has 0 N–H and O–H groups in total. The van der Waals surface area contributed by atoms with Gasteiger partial charge < -0.3 is 9.31 Å². The van der Waals surface area contributed by atoms with Crippen LogP contribution in [0.25, 0.3) is 0 Å². The van der Waals surface area contributed by atoms with Crippen LogP contribution in [0.2, 0.25) is 0 Å². The summed E-state index contributed by atoms with van der Waals surface area (Å²) in [4.78, 5) is 0. The van der Waals surface area contributed by atoms with Crippen molar-refractivity contribution in [1.29, 1.82) is 0 Å². The van der Waals surface area contributed by atoms with E-state index < -0.39 is 30.2 Å². The van der Waals surface area contributed by atoms with E-state index in [2.05, 4.69) is 0 Å². The summed E-state index contributed by atoms with van der Waals surface area (Å²) < 4.78 is 38.5. The van der Waals surface area contributed by atoms with Gasteiger partial charge in [0.15, 0.2) is 0 Å². The number of halogens is 2. The van der Waals surface area contributed by atoms with Crippen LogP contribution in [-0.2, 0) is 14.7 Å². The van der Waals surface area contributed by atoms with Crippen LogP contribution in [-0.4, -0.2) is 24.7 Å². The van der Waals surface area contributed by atoms with Crippen molar-refractivity contribution < 1.29 is 18.1 Å². The molecule has 2 aliphatic rings. The van der Waals surface area contributed by atoms with Crippen LogP contribution in [0, 0.1) is 0 Å². The van der Waals surface area contributed by atoms with Crippen molar-refractivity contribution in [2.45, 2.75) is 63.6 Å². The van der Waals surface area contributed by atoms with Gasteiger partial charge in [0.25, 0.3) is 0 Å². The van der Waals surface area contributed by atoms with Crippen LogP contribution < -0.4 is 5.46 Å². The van der Waals surface area contributed by atoms with Gasteiger partial charge >= 0.3 is 7.12 Å². The van der Waals surface area contributed by atoms with E-state index in [1.807, 2.05) is 45.9 Å². The van der Waals surface area contributed by atoms with Crippen LogP contribution in [0.5, 0.6) is 0 Å². The van der Waals surface area contributed by atoms with Crippen molar-refractivity contribution in [3.05, 3.63) is 29.8 Å². The Hall–Kier alpha value is -0.935. The molecule has 1 aromatic rings. The first-order valence-corrected chi connectivity index (χ1v) is 7.42. The lowest BCUT2D eigenvalue weighted by Gasteiger charge is -2.32. The third kappa shape index (κ3) is 2.31. The monoisotopic (exact) mass is 294 g/mol. The third-order valence-corrected chi connectivity index (χ3v) is 5.19. The first-order chi connectivity index (χ1) is 9.68. The van der Waals surface area contributed by atoms with Gasteiger partial charge in [0, 0.05) is 0 Å². The van der Waals surface area contributed by atoms with Crippen LogP contribution in [0.4, 0.5) is 8.78 Å². The average Bonchev–Trinajstić information content (AvgIpc) is 3.15. The molecule has 0 radical (unpaired) electrons. The lowest BCUT2D eigenvalue weighted by Crippen LogP contribution is -2.41. The molecule has 1 saturated heterocycles. The maximum Gasteiger partial charge on any atom is 0.494 e.